The molecule has 2 aromatic rings. The number of benzene rings is 2. The highest BCUT2D eigenvalue weighted by Crippen LogP contribution is 2.35. The maximum Gasteiger partial charge on any atom is 0.262 e. The highest BCUT2D eigenvalue weighted by atomic mass is 79.9. The van der Waals surface area contributed by atoms with Crippen molar-refractivity contribution in [3.63, 3.8) is 0 Å². The lowest BCUT2D eigenvalue weighted by atomic mass is 10.1. The number of hydrogen-bond acceptors (Lipinski definition) is 2. The van der Waals surface area contributed by atoms with Gasteiger partial charge in [-0.3, -0.25) is 4.79 Å². The first-order chi connectivity index (χ1) is 10.8. The summed E-state index contributed by atoms with van der Waals surface area (Å²) in [6.45, 7) is 7.79. The van der Waals surface area contributed by atoms with Gasteiger partial charge in [0, 0.05) is 10.7 Å². The molecule has 0 aliphatic carbocycles. The van der Waals surface area contributed by atoms with Crippen LogP contribution in [-0.2, 0) is 4.79 Å². The van der Waals surface area contributed by atoms with Gasteiger partial charge in [-0.15, -0.1) is 0 Å². The Morgan fingerprint density at radius 2 is 1.83 bits per heavy atom. The summed E-state index contributed by atoms with van der Waals surface area (Å²) in [6.07, 6.45) is 0. The largest absolute Gasteiger partial charge is 0.483 e. The molecule has 2 rings (SSSR count). The number of anilines is 1. The second kappa shape index (κ2) is 7.37. The zero-order valence-electron chi connectivity index (χ0n) is 13.6. The number of carbonyl (C=O) groups is 1. The maximum absolute atomic E-state index is 12.1. The van der Waals surface area contributed by atoms with Crippen molar-refractivity contribution in [2.45, 2.75) is 27.7 Å². The first-order valence-corrected chi connectivity index (χ1v) is 8.41. The first kappa shape index (κ1) is 17.8. The van der Waals surface area contributed by atoms with Crippen LogP contribution in [0, 0.1) is 27.7 Å². The molecule has 122 valence electrons. The highest BCUT2D eigenvalue weighted by Gasteiger charge is 2.12. The van der Waals surface area contributed by atoms with Crippen molar-refractivity contribution in [1.29, 1.82) is 0 Å². The Morgan fingerprint density at radius 1 is 1.13 bits per heavy atom. The van der Waals surface area contributed by atoms with E-state index in [9.17, 15) is 4.79 Å². The van der Waals surface area contributed by atoms with E-state index in [1.54, 1.807) is 0 Å². The van der Waals surface area contributed by atoms with Gasteiger partial charge in [0.25, 0.3) is 5.91 Å². The van der Waals surface area contributed by atoms with Crippen molar-refractivity contribution < 1.29 is 9.53 Å². The zero-order chi connectivity index (χ0) is 17.1. The third kappa shape index (κ3) is 4.27. The van der Waals surface area contributed by atoms with Crippen LogP contribution in [0.1, 0.15) is 22.3 Å². The van der Waals surface area contributed by atoms with E-state index >= 15 is 0 Å². The molecule has 0 saturated heterocycles. The molecule has 2 aromatic carbocycles. The van der Waals surface area contributed by atoms with E-state index in [2.05, 4.69) is 21.2 Å². The quantitative estimate of drug-likeness (QED) is 0.756. The van der Waals surface area contributed by atoms with E-state index in [1.165, 1.54) is 5.56 Å². The summed E-state index contributed by atoms with van der Waals surface area (Å²) >= 11 is 9.65. The summed E-state index contributed by atoms with van der Waals surface area (Å²) in [4.78, 5) is 12.1. The summed E-state index contributed by atoms with van der Waals surface area (Å²) in [5.74, 6) is 0.407. The Morgan fingerprint density at radius 3 is 2.48 bits per heavy atom. The second-order valence-corrected chi connectivity index (χ2v) is 6.75. The number of halogens is 2. The predicted octanol–water partition coefficient (Wildman–Crippen LogP) is 5.35. The summed E-state index contributed by atoms with van der Waals surface area (Å²) in [7, 11) is 0. The molecule has 0 aliphatic rings. The van der Waals surface area contributed by atoms with E-state index in [0.717, 1.165) is 26.9 Å². The van der Waals surface area contributed by atoms with Gasteiger partial charge < -0.3 is 10.1 Å². The minimum Gasteiger partial charge on any atom is -0.483 e. The molecule has 1 amide bonds. The van der Waals surface area contributed by atoms with Gasteiger partial charge in [-0.1, -0.05) is 17.7 Å². The Labute approximate surface area is 150 Å². The minimum atomic E-state index is -0.203. The molecule has 0 spiro atoms. The van der Waals surface area contributed by atoms with E-state index in [-0.39, 0.29) is 12.5 Å². The molecule has 0 aromatic heterocycles. The third-order valence-electron chi connectivity index (χ3n) is 3.72. The molecule has 0 fully saturated rings. The first-order valence-electron chi connectivity index (χ1n) is 7.24. The smallest absolute Gasteiger partial charge is 0.262 e. The van der Waals surface area contributed by atoms with Crippen LogP contribution >= 0.6 is 27.5 Å². The fourth-order valence-corrected chi connectivity index (χ4v) is 2.86. The SMILES string of the molecule is Cc1ccc(NC(=O)COc2cc(C)c(Cl)c(C)c2Br)cc1C. The predicted molar refractivity (Wildman–Crippen MR) is 98.7 cm³/mol. The molecule has 0 saturated carbocycles. The number of rotatable bonds is 4. The zero-order valence-corrected chi connectivity index (χ0v) is 15.9. The summed E-state index contributed by atoms with van der Waals surface area (Å²) < 4.78 is 6.39. The molecule has 23 heavy (non-hydrogen) atoms. The van der Waals surface area contributed by atoms with E-state index in [4.69, 9.17) is 16.3 Å². The molecule has 5 heteroatoms. The van der Waals surface area contributed by atoms with Gasteiger partial charge in [0.15, 0.2) is 6.61 Å². The second-order valence-electron chi connectivity index (χ2n) is 5.58. The van der Waals surface area contributed by atoms with Crippen molar-refractivity contribution in [2.24, 2.45) is 0 Å². The van der Waals surface area contributed by atoms with Crippen molar-refractivity contribution in [3.8, 4) is 5.75 Å². The normalized spacial score (nSPS) is 10.5. The van der Waals surface area contributed by atoms with Crippen LogP contribution in [0.5, 0.6) is 5.75 Å². The maximum atomic E-state index is 12.1. The van der Waals surface area contributed by atoms with Crippen LogP contribution in [0.2, 0.25) is 5.02 Å². The monoisotopic (exact) mass is 395 g/mol. The molecular weight excluding hydrogens is 378 g/mol. The summed E-state index contributed by atoms with van der Waals surface area (Å²) in [5.41, 5.74) is 4.91. The van der Waals surface area contributed by atoms with Crippen LogP contribution in [0.4, 0.5) is 5.69 Å². The molecular formula is C18H19BrClNO2. The van der Waals surface area contributed by atoms with Gasteiger partial charge in [0.05, 0.1) is 4.47 Å². The molecule has 3 nitrogen and oxygen atoms in total. The Hall–Kier alpha value is -1.52. The Kier molecular flexibility index (Phi) is 5.71. The molecule has 0 heterocycles. The van der Waals surface area contributed by atoms with Gasteiger partial charge in [0.1, 0.15) is 5.75 Å². The number of amides is 1. The summed E-state index contributed by atoms with van der Waals surface area (Å²) in [6, 6.07) is 7.63. The van der Waals surface area contributed by atoms with Gasteiger partial charge in [0.2, 0.25) is 0 Å². The summed E-state index contributed by atoms with van der Waals surface area (Å²) in [5, 5.41) is 3.53. The number of ether oxygens (including phenoxy) is 1. The van der Waals surface area contributed by atoms with Crippen LogP contribution < -0.4 is 10.1 Å². The van der Waals surface area contributed by atoms with Crippen LogP contribution in [0.25, 0.3) is 0 Å². The third-order valence-corrected chi connectivity index (χ3v) is 5.29. The average Bonchev–Trinajstić information content (AvgIpc) is 2.51. The van der Waals surface area contributed by atoms with Crippen molar-refractivity contribution in [3.05, 3.63) is 56.0 Å². The number of hydrogen-bond donors (Lipinski definition) is 1. The van der Waals surface area contributed by atoms with Crippen molar-refractivity contribution in [2.75, 3.05) is 11.9 Å². The fraction of sp³-hybridized carbons (Fsp3) is 0.278. The highest BCUT2D eigenvalue weighted by molar-refractivity contribution is 9.10. The lowest BCUT2D eigenvalue weighted by Gasteiger charge is -2.13. The molecule has 0 atom stereocenters. The molecule has 0 radical (unpaired) electrons. The van der Waals surface area contributed by atoms with Crippen molar-refractivity contribution >= 4 is 39.1 Å². The molecule has 0 aliphatic heterocycles. The Bertz CT molecular complexity index is 759. The van der Waals surface area contributed by atoms with Gasteiger partial charge in [-0.25, -0.2) is 0 Å². The van der Waals surface area contributed by atoms with E-state index in [1.807, 2.05) is 52.0 Å². The van der Waals surface area contributed by atoms with Gasteiger partial charge in [-0.05, 0) is 84.1 Å². The van der Waals surface area contributed by atoms with Crippen LogP contribution in [0.15, 0.2) is 28.7 Å². The minimum absolute atomic E-state index is 0.0635. The number of carbonyl (C=O) groups excluding carboxylic acids is 1. The lowest BCUT2D eigenvalue weighted by Crippen LogP contribution is -2.20. The number of aryl methyl sites for hydroxylation is 3. The van der Waals surface area contributed by atoms with Crippen molar-refractivity contribution in [1.82, 2.24) is 0 Å². The van der Waals surface area contributed by atoms with Crippen LogP contribution in [0.3, 0.4) is 0 Å². The van der Waals surface area contributed by atoms with Gasteiger partial charge in [-0.2, -0.15) is 0 Å². The fourth-order valence-electron chi connectivity index (χ4n) is 2.16. The van der Waals surface area contributed by atoms with E-state index < -0.39 is 0 Å². The molecule has 0 unspecified atom stereocenters. The average molecular weight is 397 g/mol. The standard InChI is InChI=1S/C18H19BrClNO2/c1-10-5-6-14(7-11(10)2)21-16(22)9-23-15-8-12(3)18(20)13(4)17(15)19/h5-8H,9H2,1-4H3,(H,21,22). The van der Waals surface area contributed by atoms with Crippen LogP contribution in [-0.4, -0.2) is 12.5 Å². The van der Waals surface area contributed by atoms with Gasteiger partial charge >= 0.3 is 0 Å². The topological polar surface area (TPSA) is 38.3 Å². The lowest BCUT2D eigenvalue weighted by molar-refractivity contribution is -0.118. The molecule has 0 bridgehead atoms. The van der Waals surface area contributed by atoms with E-state index in [0.29, 0.717) is 10.8 Å². The molecule has 1 N–H and O–H groups in total. The Balaban J connectivity index is 2.03. The number of nitrogens with one attached hydrogen (secondary N) is 1.